The molecule has 0 spiro atoms. The Morgan fingerprint density at radius 3 is 2.63 bits per heavy atom. The minimum atomic E-state index is -0.403. The van der Waals surface area contributed by atoms with Crippen LogP contribution in [0.5, 0.6) is 5.75 Å². The molecule has 1 heterocycles. The molecule has 0 aliphatic heterocycles. The van der Waals surface area contributed by atoms with Gasteiger partial charge in [-0.15, -0.1) is 0 Å². The molecule has 3 aromatic rings. The van der Waals surface area contributed by atoms with E-state index in [0.29, 0.717) is 16.3 Å². The number of rotatable bonds is 2. The van der Waals surface area contributed by atoms with E-state index in [-0.39, 0.29) is 5.41 Å². The average molecular weight is 383 g/mol. The number of fused-ring (bicyclic) bond motifs is 3. The summed E-state index contributed by atoms with van der Waals surface area (Å²) < 4.78 is 12.0. The van der Waals surface area contributed by atoms with Crippen LogP contribution in [0.1, 0.15) is 60.9 Å². The third-order valence-electron chi connectivity index (χ3n) is 5.13. The number of ether oxygens (including phenoxy) is 1. The number of carbonyl (C=O) groups excluding carboxylic acids is 1. The van der Waals surface area contributed by atoms with Crippen molar-refractivity contribution in [2.75, 3.05) is 0 Å². The maximum absolute atomic E-state index is 12.7. The molecular weight excluding hydrogens is 360 g/mol. The smallest absolute Gasteiger partial charge is 0.343 e. The van der Waals surface area contributed by atoms with E-state index in [9.17, 15) is 4.79 Å². The lowest BCUT2D eigenvalue weighted by atomic mass is 9.85. The Labute approximate surface area is 164 Å². The van der Waals surface area contributed by atoms with Crippen LogP contribution in [0.4, 0.5) is 0 Å². The zero-order valence-corrected chi connectivity index (χ0v) is 16.7. The van der Waals surface area contributed by atoms with Crippen LogP contribution in [0.2, 0.25) is 5.02 Å². The van der Waals surface area contributed by atoms with Gasteiger partial charge in [0.25, 0.3) is 0 Å². The molecule has 0 N–H and O–H groups in total. The summed E-state index contributed by atoms with van der Waals surface area (Å²) in [5.41, 5.74) is 3.35. The van der Waals surface area contributed by atoms with Gasteiger partial charge in [0, 0.05) is 28.0 Å². The van der Waals surface area contributed by atoms with E-state index in [1.165, 1.54) is 12.0 Å². The van der Waals surface area contributed by atoms with E-state index in [1.54, 1.807) is 24.3 Å². The summed E-state index contributed by atoms with van der Waals surface area (Å²) in [5, 5.41) is 1.58. The van der Waals surface area contributed by atoms with E-state index >= 15 is 0 Å². The lowest BCUT2D eigenvalue weighted by molar-refractivity contribution is 0.0732. The number of aryl methyl sites for hydroxylation is 2. The highest BCUT2D eigenvalue weighted by Crippen LogP contribution is 2.40. The molecule has 0 radical (unpaired) electrons. The van der Waals surface area contributed by atoms with Gasteiger partial charge in [0.05, 0.1) is 5.56 Å². The highest BCUT2D eigenvalue weighted by atomic mass is 35.5. The van der Waals surface area contributed by atoms with Crippen molar-refractivity contribution in [2.24, 2.45) is 0 Å². The Morgan fingerprint density at radius 2 is 1.89 bits per heavy atom. The molecule has 0 atom stereocenters. The van der Waals surface area contributed by atoms with E-state index < -0.39 is 5.97 Å². The molecule has 2 aromatic carbocycles. The van der Waals surface area contributed by atoms with Gasteiger partial charge in [-0.3, -0.25) is 0 Å². The van der Waals surface area contributed by atoms with E-state index in [2.05, 4.69) is 20.8 Å². The standard InChI is InChI=1S/C23H23ClO3/c1-23(2,3)18-13-20-17(16-9-4-5-10-19(16)26-20)12-21(18)27-22(25)14-7-6-8-15(24)11-14/h6-8,11-13H,4-5,9-10H2,1-3H3. The van der Waals surface area contributed by atoms with E-state index in [1.807, 2.05) is 12.1 Å². The molecule has 140 valence electrons. The molecule has 27 heavy (non-hydrogen) atoms. The van der Waals surface area contributed by atoms with Crippen LogP contribution >= 0.6 is 11.6 Å². The molecule has 0 saturated carbocycles. The summed E-state index contributed by atoms with van der Waals surface area (Å²) >= 11 is 6.02. The first-order valence-electron chi connectivity index (χ1n) is 9.39. The molecule has 4 rings (SSSR count). The highest BCUT2D eigenvalue weighted by molar-refractivity contribution is 6.30. The van der Waals surface area contributed by atoms with Gasteiger partial charge in [-0.25, -0.2) is 4.79 Å². The van der Waals surface area contributed by atoms with Crippen molar-refractivity contribution < 1.29 is 13.9 Å². The second kappa shape index (κ2) is 6.72. The lowest BCUT2D eigenvalue weighted by Gasteiger charge is -2.22. The lowest BCUT2D eigenvalue weighted by Crippen LogP contribution is -2.16. The van der Waals surface area contributed by atoms with E-state index in [4.69, 9.17) is 20.8 Å². The molecular formula is C23H23ClO3. The Hall–Kier alpha value is -2.26. The zero-order valence-electron chi connectivity index (χ0n) is 15.9. The molecule has 0 fully saturated rings. The second-order valence-corrected chi connectivity index (χ2v) is 8.64. The van der Waals surface area contributed by atoms with E-state index in [0.717, 1.165) is 41.6 Å². The Bertz CT molecular complexity index is 1020. The molecule has 3 nitrogen and oxygen atoms in total. The highest BCUT2D eigenvalue weighted by Gasteiger charge is 2.26. The first-order chi connectivity index (χ1) is 12.8. The van der Waals surface area contributed by atoms with Crippen LogP contribution < -0.4 is 4.74 Å². The van der Waals surface area contributed by atoms with Crippen molar-refractivity contribution >= 4 is 28.5 Å². The monoisotopic (exact) mass is 382 g/mol. The van der Waals surface area contributed by atoms with Crippen LogP contribution in [-0.2, 0) is 18.3 Å². The fourth-order valence-electron chi connectivity index (χ4n) is 3.73. The fourth-order valence-corrected chi connectivity index (χ4v) is 3.92. The molecule has 0 bridgehead atoms. The summed E-state index contributed by atoms with van der Waals surface area (Å²) in [6.07, 6.45) is 4.32. The zero-order chi connectivity index (χ0) is 19.2. The van der Waals surface area contributed by atoms with Crippen LogP contribution in [0.25, 0.3) is 11.0 Å². The number of esters is 1. The maximum Gasteiger partial charge on any atom is 0.343 e. The second-order valence-electron chi connectivity index (χ2n) is 8.21. The molecule has 0 amide bonds. The third-order valence-corrected chi connectivity index (χ3v) is 5.36. The summed E-state index contributed by atoms with van der Waals surface area (Å²) in [7, 11) is 0. The van der Waals surface area contributed by atoms with Gasteiger partial charge in [-0.2, -0.15) is 0 Å². The fraction of sp³-hybridized carbons (Fsp3) is 0.348. The van der Waals surface area contributed by atoms with Crippen molar-refractivity contribution in [3.8, 4) is 5.75 Å². The molecule has 1 aliphatic rings. The molecule has 0 unspecified atom stereocenters. The van der Waals surface area contributed by atoms with Crippen molar-refractivity contribution in [1.82, 2.24) is 0 Å². The van der Waals surface area contributed by atoms with Gasteiger partial charge in [-0.1, -0.05) is 38.4 Å². The van der Waals surface area contributed by atoms with Crippen LogP contribution in [0, 0.1) is 0 Å². The minimum Gasteiger partial charge on any atom is -0.461 e. The van der Waals surface area contributed by atoms with Gasteiger partial charge in [0.1, 0.15) is 17.1 Å². The first-order valence-corrected chi connectivity index (χ1v) is 9.77. The van der Waals surface area contributed by atoms with Crippen molar-refractivity contribution in [3.05, 3.63) is 63.9 Å². The number of hydrogen-bond donors (Lipinski definition) is 0. The van der Waals surface area contributed by atoms with Crippen LogP contribution in [-0.4, -0.2) is 5.97 Å². The molecule has 1 aromatic heterocycles. The number of carbonyl (C=O) groups is 1. The van der Waals surface area contributed by atoms with Gasteiger partial charge < -0.3 is 9.15 Å². The normalized spacial score (nSPS) is 14.2. The Morgan fingerprint density at radius 1 is 1.11 bits per heavy atom. The largest absolute Gasteiger partial charge is 0.461 e. The Kier molecular flexibility index (Phi) is 4.51. The summed E-state index contributed by atoms with van der Waals surface area (Å²) in [4.78, 5) is 12.7. The predicted molar refractivity (Wildman–Crippen MR) is 108 cm³/mol. The van der Waals surface area contributed by atoms with Gasteiger partial charge in [0.15, 0.2) is 0 Å². The number of hydrogen-bond acceptors (Lipinski definition) is 3. The SMILES string of the molecule is CC(C)(C)c1cc2oc3c(c2cc1OC(=O)c1cccc(Cl)c1)CCCC3. The summed E-state index contributed by atoms with van der Waals surface area (Å²) in [6, 6.07) is 10.8. The van der Waals surface area contributed by atoms with Crippen molar-refractivity contribution in [1.29, 1.82) is 0 Å². The van der Waals surface area contributed by atoms with Gasteiger partial charge in [-0.05, 0) is 55.0 Å². The molecule has 4 heteroatoms. The first kappa shape index (κ1) is 18.1. The summed E-state index contributed by atoms with van der Waals surface area (Å²) in [5.74, 6) is 1.27. The molecule has 0 saturated heterocycles. The third kappa shape index (κ3) is 3.49. The van der Waals surface area contributed by atoms with Gasteiger partial charge in [0.2, 0.25) is 0 Å². The van der Waals surface area contributed by atoms with Crippen LogP contribution in [0.15, 0.2) is 40.8 Å². The number of furan rings is 1. The topological polar surface area (TPSA) is 39.4 Å². The number of benzene rings is 2. The average Bonchev–Trinajstić information content (AvgIpc) is 2.98. The predicted octanol–water partition coefficient (Wildman–Crippen LogP) is 6.48. The summed E-state index contributed by atoms with van der Waals surface area (Å²) in [6.45, 7) is 6.31. The van der Waals surface area contributed by atoms with Crippen molar-refractivity contribution in [2.45, 2.75) is 51.9 Å². The van der Waals surface area contributed by atoms with Crippen LogP contribution in [0.3, 0.4) is 0 Å². The van der Waals surface area contributed by atoms with Gasteiger partial charge >= 0.3 is 5.97 Å². The number of halogens is 1. The Balaban J connectivity index is 1.81. The molecule has 1 aliphatic carbocycles. The quantitative estimate of drug-likeness (QED) is 0.376. The maximum atomic E-state index is 12.7. The minimum absolute atomic E-state index is 0.189. The van der Waals surface area contributed by atoms with Crippen molar-refractivity contribution in [3.63, 3.8) is 0 Å².